The van der Waals surface area contributed by atoms with Gasteiger partial charge < -0.3 is 29.2 Å². The average Bonchev–Trinajstić information content (AvgIpc) is 3.05. The van der Waals surface area contributed by atoms with E-state index < -0.39 is 22.0 Å². The molecule has 3 aromatic carbocycles. The van der Waals surface area contributed by atoms with Crippen molar-refractivity contribution >= 4 is 21.8 Å². The zero-order valence-electron chi connectivity index (χ0n) is 24.5. The number of carbonyl (C=O) groups excluding carboxylic acids is 2. The number of amides is 2. The van der Waals surface area contributed by atoms with E-state index in [2.05, 4.69) is 5.32 Å². The van der Waals surface area contributed by atoms with Crippen molar-refractivity contribution in [3.8, 4) is 17.2 Å². The van der Waals surface area contributed by atoms with Crippen LogP contribution in [0.25, 0.3) is 0 Å². The van der Waals surface area contributed by atoms with Crippen LogP contribution in [0, 0.1) is 0 Å². The fourth-order valence-corrected chi connectivity index (χ4v) is 5.87. The first kappa shape index (κ1) is 31.8. The Hall–Kier alpha value is -4.13. The van der Waals surface area contributed by atoms with Gasteiger partial charge in [-0.2, -0.15) is 4.31 Å². The molecule has 1 heterocycles. The van der Waals surface area contributed by atoms with Gasteiger partial charge in [-0.1, -0.05) is 24.3 Å². The molecular formula is C31H37N3O8S. The maximum absolute atomic E-state index is 13.4. The van der Waals surface area contributed by atoms with Crippen LogP contribution in [0.15, 0.2) is 77.7 Å². The second-order valence-corrected chi connectivity index (χ2v) is 11.8. The molecule has 12 heteroatoms. The van der Waals surface area contributed by atoms with Gasteiger partial charge in [-0.15, -0.1) is 0 Å². The number of ether oxygens (including phenoxy) is 4. The Balaban J connectivity index is 1.42. The van der Waals surface area contributed by atoms with E-state index in [1.165, 1.54) is 33.5 Å². The van der Waals surface area contributed by atoms with E-state index in [9.17, 15) is 18.0 Å². The molecule has 1 aliphatic rings. The first-order valence-corrected chi connectivity index (χ1v) is 15.3. The quantitative estimate of drug-likeness (QED) is 0.313. The first-order valence-electron chi connectivity index (χ1n) is 13.8. The minimum absolute atomic E-state index is 0.136. The number of sulfonamides is 1. The summed E-state index contributed by atoms with van der Waals surface area (Å²) in [4.78, 5) is 28.2. The Labute approximate surface area is 252 Å². The van der Waals surface area contributed by atoms with Crippen LogP contribution in [0.1, 0.15) is 18.1 Å². The summed E-state index contributed by atoms with van der Waals surface area (Å²) in [5.74, 6) is 0.987. The van der Waals surface area contributed by atoms with Crippen LogP contribution >= 0.6 is 0 Å². The number of carbonyl (C=O) groups is 2. The number of hydrogen-bond acceptors (Lipinski definition) is 8. The van der Waals surface area contributed by atoms with Crippen molar-refractivity contribution in [1.82, 2.24) is 14.5 Å². The van der Waals surface area contributed by atoms with Crippen molar-refractivity contribution in [1.29, 1.82) is 0 Å². The summed E-state index contributed by atoms with van der Waals surface area (Å²) in [7, 11) is -0.493. The third-order valence-electron chi connectivity index (χ3n) is 7.10. The van der Waals surface area contributed by atoms with Gasteiger partial charge in [0.15, 0.2) is 6.61 Å². The van der Waals surface area contributed by atoms with E-state index in [0.29, 0.717) is 43.6 Å². The van der Waals surface area contributed by atoms with E-state index >= 15 is 0 Å². The van der Waals surface area contributed by atoms with Crippen molar-refractivity contribution < 1.29 is 37.0 Å². The Kier molecular flexibility index (Phi) is 11.0. The zero-order chi connectivity index (χ0) is 30.8. The lowest BCUT2D eigenvalue weighted by Gasteiger charge is -2.29. The number of hydrogen-bond donors (Lipinski definition) is 1. The molecule has 43 heavy (non-hydrogen) atoms. The summed E-state index contributed by atoms with van der Waals surface area (Å²) in [6.45, 7) is 3.07. The molecule has 3 aromatic rings. The third-order valence-corrected chi connectivity index (χ3v) is 9.01. The van der Waals surface area contributed by atoms with Crippen LogP contribution in [-0.2, 0) is 37.4 Å². The van der Waals surface area contributed by atoms with Gasteiger partial charge in [-0.25, -0.2) is 8.42 Å². The van der Waals surface area contributed by atoms with E-state index in [4.69, 9.17) is 18.9 Å². The summed E-state index contributed by atoms with van der Waals surface area (Å²) in [5.41, 5.74) is 1.69. The van der Waals surface area contributed by atoms with Crippen molar-refractivity contribution in [2.24, 2.45) is 0 Å². The molecule has 2 amide bonds. The van der Waals surface area contributed by atoms with Gasteiger partial charge in [0.2, 0.25) is 15.9 Å². The molecule has 1 fully saturated rings. The second-order valence-electron chi connectivity index (χ2n) is 9.89. The number of rotatable bonds is 13. The maximum Gasteiger partial charge on any atom is 0.261 e. The normalized spacial score (nSPS) is 14.4. The molecule has 0 aliphatic carbocycles. The predicted molar refractivity (Wildman–Crippen MR) is 159 cm³/mol. The molecule has 0 aromatic heterocycles. The van der Waals surface area contributed by atoms with Gasteiger partial charge in [0.1, 0.15) is 23.3 Å². The second kappa shape index (κ2) is 14.9. The summed E-state index contributed by atoms with van der Waals surface area (Å²) in [6.07, 6.45) is 0. The topological polar surface area (TPSA) is 124 Å². The first-order chi connectivity index (χ1) is 20.7. The summed E-state index contributed by atoms with van der Waals surface area (Å²) < 4.78 is 48.6. The monoisotopic (exact) mass is 611 g/mol. The molecule has 4 rings (SSSR count). The molecule has 0 spiro atoms. The van der Waals surface area contributed by atoms with Gasteiger partial charge in [0.25, 0.3) is 5.91 Å². The van der Waals surface area contributed by atoms with Crippen LogP contribution in [0.2, 0.25) is 0 Å². The molecule has 0 radical (unpaired) electrons. The lowest BCUT2D eigenvalue weighted by atomic mass is 10.1. The molecular weight excluding hydrogens is 574 g/mol. The molecule has 0 saturated carbocycles. The van der Waals surface area contributed by atoms with Gasteiger partial charge >= 0.3 is 0 Å². The summed E-state index contributed by atoms with van der Waals surface area (Å²) >= 11 is 0. The van der Waals surface area contributed by atoms with E-state index in [-0.39, 0.29) is 30.5 Å². The van der Waals surface area contributed by atoms with Gasteiger partial charge in [0.05, 0.1) is 32.3 Å². The fraction of sp³-hybridized carbons (Fsp3) is 0.355. The number of methoxy groups -OCH3 is 2. The minimum Gasteiger partial charge on any atom is -0.497 e. The van der Waals surface area contributed by atoms with Crippen LogP contribution in [0.3, 0.4) is 0 Å². The molecule has 1 saturated heterocycles. The standard InChI is InChI=1S/C31H37N3O8S/c1-23(31(36)32-20-24-4-8-26(39-2)9-5-24)34(21-25-6-10-27(40-3)11-7-25)30(35)22-42-28-12-14-29(15-13-28)43(37,38)33-16-18-41-19-17-33/h4-15,23H,16-22H2,1-3H3,(H,32,36)/t23-/m0/s1. The Morgan fingerprint density at radius 3 is 1.95 bits per heavy atom. The molecule has 0 unspecified atom stereocenters. The minimum atomic E-state index is -3.65. The maximum atomic E-state index is 13.4. The lowest BCUT2D eigenvalue weighted by Crippen LogP contribution is -2.48. The van der Waals surface area contributed by atoms with Crippen molar-refractivity contribution in [3.05, 3.63) is 83.9 Å². The highest BCUT2D eigenvalue weighted by atomic mass is 32.2. The lowest BCUT2D eigenvalue weighted by molar-refractivity contribution is -0.142. The smallest absolute Gasteiger partial charge is 0.261 e. The van der Waals surface area contributed by atoms with Crippen molar-refractivity contribution in [2.75, 3.05) is 47.1 Å². The summed E-state index contributed by atoms with van der Waals surface area (Å²) in [6, 6.07) is 19.7. The SMILES string of the molecule is COc1ccc(CNC(=O)[C@H](C)N(Cc2ccc(OC)cc2)C(=O)COc2ccc(S(=O)(=O)N3CCOCC3)cc2)cc1. The highest BCUT2D eigenvalue weighted by Crippen LogP contribution is 2.21. The highest BCUT2D eigenvalue weighted by Gasteiger charge is 2.28. The zero-order valence-corrected chi connectivity index (χ0v) is 25.3. The number of benzene rings is 3. The van der Waals surface area contributed by atoms with E-state index in [0.717, 1.165) is 11.1 Å². The number of nitrogens with one attached hydrogen (secondary N) is 1. The van der Waals surface area contributed by atoms with E-state index in [1.54, 1.807) is 33.3 Å². The number of nitrogens with zero attached hydrogens (tertiary/aromatic N) is 2. The van der Waals surface area contributed by atoms with Crippen LogP contribution < -0.4 is 19.5 Å². The summed E-state index contributed by atoms with van der Waals surface area (Å²) in [5, 5.41) is 2.89. The number of morpholine rings is 1. The van der Waals surface area contributed by atoms with Gasteiger partial charge in [-0.3, -0.25) is 9.59 Å². The van der Waals surface area contributed by atoms with Crippen molar-refractivity contribution in [2.45, 2.75) is 31.0 Å². The largest absolute Gasteiger partial charge is 0.497 e. The van der Waals surface area contributed by atoms with Crippen LogP contribution in [-0.4, -0.2) is 82.6 Å². The third kappa shape index (κ3) is 8.46. The molecule has 0 bridgehead atoms. The molecule has 1 aliphatic heterocycles. The molecule has 1 N–H and O–H groups in total. The molecule has 11 nitrogen and oxygen atoms in total. The Bertz CT molecular complexity index is 1460. The predicted octanol–water partition coefficient (Wildman–Crippen LogP) is 2.84. The van der Waals surface area contributed by atoms with Gasteiger partial charge in [-0.05, 0) is 66.6 Å². The molecule has 230 valence electrons. The fourth-order valence-electron chi connectivity index (χ4n) is 4.46. The van der Waals surface area contributed by atoms with Crippen LogP contribution in [0.5, 0.6) is 17.2 Å². The Morgan fingerprint density at radius 1 is 0.860 bits per heavy atom. The highest BCUT2D eigenvalue weighted by molar-refractivity contribution is 7.89. The van der Waals surface area contributed by atoms with Crippen molar-refractivity contribution in [3.63, 3.8) is 0 Å². The Morgan fingerprint density at radius 2 is 1.40 bits per heavy atom. The molecule has 1 atom stereocenters. The van der Waals surface area contributed by atoms with Gasteiger partial charge in [0, 0.05) is 26.2 Å². The average molecular weight is 612 g/mol. The van der Waals surface area contributed by atoms with E-state index in [1.807, 2.05) is 36.4 Å². The van der Waals surface area contributed by atoms with Crippen LogP contribution in [0.4, 0.5) is 0 Å².